The maximum absolute atomic E-state index is 12.2. The topological polar surface area (TPSA) is 48.4 Å². The second-order valence-electron chi connectivity index (χ2n) is 3.54. The van der Waals surface area contributed by atoms with Crippen LogP contribution in [0.5, 0.6) is 5.88 Å². The van der Waals surface area contributed by atoms with E-state index in [2.05, 4.69) is 25.7 Å². The average Bonchev–Trinajstić information content (AvgIpc) is 2.31. The van der Waals surface area contributed by atoms with Gasteiger partial charge in [0, 0.05) is 15.0 Å². The molecule has 0 atom stereocenters. The Bertz CT molecular complexity index is 497. The number of hydrogen-bond acceptors (Lipinski definition) is 4. The number of esters is 1. The molecule has 1 aromatic heterocycles. The zero-order valence-electron chi connectivity index (χ0n) is 10.3. The van der Waals surface area contributed by atoms with Gasteiger partial charge in [0.2, 0.25) is 5.88 Å². The van der Waals surface area contributed by atoms with Crippen molar-refractivity contribution in [3.63, 3.8) is 0 Å². The molecular formula is C11H10BrF3INO3. The van der Waals surface area contributed by atoms with Gasteiger partial charge >= 0.3 is 12.3 Å². The smallest absolute Gasteiger partial charge is 0.466 e. The van der Waals surface area contributed by atoms with Crippen molar-refractivity contribution in [2.45, 2.75) is 25.0 Å². The summed E-state index contributed by atoms with van der Waals surface area (Å²) in [5.74, 6) is -1.11. The highest BCUT2D eigenvalue weighted by atomic mass is 127. The lowest BCUT2D eigenvalue weighted by Gasteiger charge is -2.13. The summed E-state index contributed by atoms with van der Waals surface area (Å²) < 4.78 is 45.8. The number of hydrogen-bond donors (Lipinski definition) is 0. The first-order valence-electron chi connectivity index (χ1n) is 5.42. The Balaban J connectivity index is 3.08. The van der Waals surface area contributed by atoms with Crippen molar-refractivity contribution in [1.82, 2.24) is 4.98 Å². The number of aromatic nitrogens is 1. The summed E-state index contributed by atoms with van der Waals surface area (Å²) >= 11 is 5.05. The third-order valence-electron chi connectivity index (χ3n) is 2.07. The van der Waals surface area contributed by atoms with Gasteiger partial charge in [0.15, 0.2) is 0 Å². The Morgan fingerprint density at radius 3 is 2.65 bits per heavy atom. The zero-order valence-corrected chi connectivity index (χ0v) is 14.0. The van der Waals surface area contributed by atoms with Crippen molar-refractivity contribution >= 4 is 44.5 Å². The Labute approximate surface area is 135 Å². The molecule has 0 amide bonds. The molecular weight excluding hydrogens is 458 g/mol. The molecule has 20 heavy (non-hydrogen) atoms. The maximum atomic E-state index is 12.2. The van der Waals surface area contributed by atoms with Crippen LogP contribution in [0.15, 0.2) is 6.07 Å². The van der Waals surface area contributed by atoms with Crippen LogP contribution in [0.25, 0.3) is 0 Å². The van der Waals surface area contributed by atoms with E-state index in [0.717, 1.165) is 6.07 Å². The van der Waals surface area contributed by atoms with Gasteiger partial charge in [0.1, 0.15) is 0 Å². The molecule has 1 heterocycles. The lowest BCUT2D eigenvalue weighted by molar-refractivity contribution is -0.276. The van der Waals surface area contributed by atoms with E-state index in [4.69, 9.17) is 4.74 Å². The highest BCUT2D eigenvalue weighted by Gasteiger charge is 2.32. The van der Waals surface area contributed by atoms with E-state index < -0.39 is 18.2 Å². The number of nitrogens with zero attached hydrogens (tertiary/aromatic N) is 1. The van der Waals surface area contributed by atoms with Crippen molar-refractivity contribution in [1.29, 1.82) is 0 Å². The van der Waals surface area contributed by atoms with Crippen molar-refractivity contribution in [2.24, 2.45) is 0 Å². The van der Waals surface area contributed by atoms with Crippen LogP contribution in [0.4, 0.5) is 13.2 Å². The highest BCUT2D eigenvalue weighted by Crippen LogP contribution is 2.27. The predicted octanol–water partition coefficient (Wildman–Crippen LogP) is 3.59. The van der Waals surface area contributed by atoms with Crippen molar-refractivity contribution in [2.75, 3.05) is 6.61 Å². The quantitative estimate of drug-likeness (QED) is 0.377. The minimum atomic E-state index is -4.83. The van der Waals surface area contributed by atoms with Gasteiger partial charge < -0.3 is 9.47 Å². The molecule has 0 aromatic carbocycles. The van der Waals surface area contributed by atoms with Gasteiger partial charge in [-0.1, -0.05) is 15.9 Å². The molecule has 112 valence electrons. The maximum Gasteiger partial charge on any atom is 0.574 e. The molecule has 0 N–H and O–H groups in total. The molecule has 1 aromatic rings. The van der Waals surface area contributed by atoms with Gasteiger partial charge in [-0.2, -0.15) is 0 Å². The Morgan fingerprint density at radius 2 is 2.15 bits per heavy atom. The number of rotatable bonds is 5. The van der Waals surface area contributed by atoms with Crippen LogP contribution in [0.1, 0.15) is 18.2 Å². The minimum absolute atomic E-state index is 0.136. The van der Waals surface area contributed by atoms with E-state index in [9.17, 15) is 18.0 Å². The summed E-state index contributed by atoms with van der Waals surface area (Å²) in [4.78, 5) is 15.2. The summed E-state index contributed by atoms with van der Waals surface area (Å²) in [6.07, 6.45) is -4.96. The summed E-state index contributed by atoms with van der Waals surface area (Å²) in [6.45, 7) is 1.86. The summed E-state index contributed by atoms with van der Waals surface area (Å²) in [7, 11) is 0. The molecule has 0 radical (unpaired) electrons. The van der Waals surface area contributed by atoms with Gasteiger partial charge in [0.05, 0.1) is 18.7 Å². The first-order chi connectivity index (χ1) is 9.26. The number of carbonyl (C=O) groups is 1. The fourth-order valence-corrected chi connectivity index (χ4v) is 2.96. The largest absolute Gasteiger partial charge is 0.574 e. The number of halogens is 5. The molecule has 0 aliphatic carbocycles. The molecule has 0 spiro atoms. The van der Waals surface area contributed by atoms with Gasteiger partial charge in [0.25, 0.3) is 0 Å². The number of carbonyl (C=O) groups excluding carboxylic acids is 1. The molecule has 1 rings (SSSR count). The summed E-state index contributed by atoms with van der Waals surface area (Å²) in [5, 5.41) is 0.246. The SMILES string of the molecule is CCOC(=O)Cc1cc(OC(F)(F)F)nc(CBr)c1I. The van der Waals surface area contributed by atoms with Crippen LogP contribution >= 0.6 is 38.5 Å². The van der Waals surface area contributed by atoms with Crippen LogP contribution in [-0.2, 0) is 21.3 Å². The van der Waals surface area contributed by atoms with Crippen molar-refractivity contribution in [3.05, 3.63) is 20.9 Å². The Morgan fingerprint density at radius 1 is 1.50 bits per heavy atom. The summed E-state index contributed by atoms with van der Waals surface area (Å²) in [6, 6.07) is 1.10. The van der Waals surface area contributed by atoms with E-state index >= 15 is 0 Å². The van der Waals surface area contributed by atoms with Crippen molar-refractivity contribution < 1.29 is 27.4 Å². The minimum Gasteiger partial charge on any atom is -0.466 e. The fraction of sp³-hybridized carbons (Fsp3) is 0.455. The molecule has 0 aliphatic rings. The van der Waals surface area contributed by atoms with Crippen LogP contribution < -0.4 is 4.74 Å². The second kappa shape index (κ2) is 7.43. The molecule has 0 saturated heterocycles. The highest BCUT2D eigenvalue weighted by molar-refractivity contribution is 14.1. The van der Waals surface area contributed by atoms with Crippen molar-refractivity contribution in [3.8, 4) is 5.88 Å². The summed E-state index contributed by atoms with van der Waals surface area (Å²) in [5.41, 5.74) is 0.749. The standard InChI is InChI=1S/C11H10BrF3INO3/c1-2-19-9(18)4-6-3-8(20-11(13,14)15)17-7(5-12)10(6)16/h3H,2,4-5H2,1H3. The fourth-order valence-electron chi connectivity index (χ4n) is 1.37. The van der Waals surface area contributed by atoms with Crippen LogP contribution in [0.2, 0.25) is 0 Å². The third kappa shape index (κ3) is 5.43. The molecule has 0 fully saturated rings. The van der Waals surface area contributed by atoms with E-state index in [1.165, 1.54) is 0 Å². The molecule has 9 heteroatoms. The van der Waals surface area contributed by atoms with Gasteiger partial charge in [-0.3, -0.25) is 4.79 Å². The molecule has 0 unspecified atom stereocenters. The average molecular weight is 468 g/mol. The number of ether oxygens (including phenoxy) is 2. The first kappa shape index (κ1) is 17.5. The second-order valence-corrected chi connectivity index (χ2v) is 5.18. The normalized spacial score (nSPS) is 11.3. The van der Waals surface area contributed by atoms with E-state index in [1.807, 2.05) is 22.6 Å². The van der Waals surface area contributed by atoms with Gasteiger partial charge in [-0.15, -0.1) is 13.2 Å². The Hall–Kier alpha value is -0.580. The number of alkyl halides is 4. The zero-order chi connectivity index (χ0) is 15.3. The van der Waals surface area contributed by atoms with E-state index in [1.54, 1.807) is 6.92 Å². The van der Waals surface area contributed by atoms with Crippen LogP contribution in [0, 0.1) is 3.57 Å². The van der Waals surface area contributed by atoms with Gasteiger partial charge in [-0.05, 0) is 35.1 Å². The molecule has 4 nitrogen and oxygen atoms in total. The lowest BCUT2D eigenvalue weighted by atomic mass is 10.1. The molecule has 0 saturated carbocycles. The van der Waals surface area contributed by atoms with E-state index in [0.29, 0.717) is 14.8 Å². The van der Waals surface area contributed by atoms with Crippen LogP contribution in [-0.4, -0.2) is 23.9 Å². The predicted molar refractivity (Wildman–Crippen MR) is 76.6 cm³/mol. The van der Waals surface area contributed by atoms with E-state index in [-0.39, 0.29) is 18.4 Å². The van der Waals surface area contributed by atoms with Crippen LogP contribution in [0.3, 0.4) is 0 Å². The monoisotopic (exact) mass is 467 g/mol. The first-order valence-corrected chi connectivity index (χ1v) is 7.62. The Kier molecular flexibility index (Phi) is 6.49. The third-order valence-corrected chi connectivity index (χ3v) is 3.91. The lowest BCUT2D eigenvalue weighted by Crippen LogP contribution is -2.19. The molecule has 0 aliphatic heterocycles. The van der Waals surface area contributed by atoms with Gasteiger partial charge in [-0.25, -0.2) is 4.98 Å². The number of pyridine rings is 1. The molecule has 0 bridgehead atoms.